The monoisotopic (exact) mass is 242 g/mol. The van der Waals surface area contributed by atoms with Crippen LogP contribution in [0.5, 0.6) is 5.75 Å². The standard InChI is InChI=1S/C16H18O2/c1-12-6-4-5-7-15(12)16(18-3)13-8-10-14(17-2)11-9-13/h4-11,16H,1-3H3. The average Bonchev–Trinajstić information content (AvgIpc) is 2.42. The molecule has 94 valence electrons. The zero-order valence-electron chi connectivity index (χ0n) is 11.0. The third kappa shape index (κ3) is 2.54. The first kappa shape index (κ1) is 12.7. The Morgan fingerprint density at radius 2 is 1.56 bits per heavy atom. The normalized spacial score (nSPS) is 12.2. The maximum absolute atomic E-state index is 5.64. The number of aryl methyl sites for hydroxylation is 1. The van der Waals surface area contributed by atoms with Crippen LogP contribution in [0.3, 0.4) is 0 Å². The summed E-state index contributed by atoms with van der Waals surface area (Å²) in [6.07, 6.45) is -0.0305. The molecule has 1 atom stereocenters. The van der Waals surface area contributed by atoms with Crippen LogP contribution in [-0.2, 0) is 4.74 Å². The first-order valence-corrected chi connectivity index (χ1v) is 5.98. The van der Waals surface area contributed by atoms with Crippen LogP contribution >= 0.6 is 0 Å². The third-order valence-electron chi connectivity index (χ3n) is 3.13. The van der Waals surface area contributed by atoms with E-state index >= 15 is 0 Å². The first-order valence-electron chi connectivity index (χ1n) is 5.98. The molecule has 2 rings (SSSR count). The molecule has 0 aliphatic heterocycles. The van der Waals surface area contributed by atoms with Crippen molar-refractivity contribution in [1.29, 1.82) is 0 Å². The second kappa shape index (κ2) is 5.69. The average molecular weight is 242 g/mol. The molecule has 0 spiro atoms. The van der Waals surface area contributed by atoms with Crippen molar-refractivity contribution in [2.75, 3.05) is 14.2 Å². The van der Waals surface area contributed by atoms with Gasteiger partial charge in [-0.2, -0.15) is 0 Å². The minimum Gasteiger partial charge on any atom is -0.497 e. The molecule has 0 saturated heterocycles. The molecule has 0 aliphatic rings. The van der Waals surface area contributed by atoms with Gasteiger partial charge in [0.15, 0.2) is 0 Å². The molecule has 2 heteroatoms. The van der Waals surface area contributed by atoms with E-state index in [0.717, 1.165) is 11.3 Å². The summed E-state index contributed by atoms with van der Waals surface area (Å²) in [6, 6.07) is 16.3. The van der Waals surface area contributed by atoms with Crippen molar-refractivity contribution in [3.63, 3.8) is 0 Å². The predicted octanol–water partition coefficient (Wildman–Crippen LogP) is 3.74. The molecule has 0 fully saturated rings. The highest BCUT2D eigenvalue weighted by atomic mass is 16.5. The van der Waals surface area contributed by atoms with Gasteiger partial charge >= 0.3 is 0 Å². The van der Waals surface area contributed by atoms with Gasteiger partial charge in [0.1, 0.15) is 11.9 Å². The van der Waals surface area contributed by atoms with Crippen molar-refractivity contribution >= 4 is 0 Å². The van der Waals surface area contributed by atoms with Crippen LogP contribution in [0.4, 0.5) is 0 Å². The van der Waals surface area contributed by atoms with E-state index in [2.05, 4.69) is 19.1 Å². The molecule has 0 heterocycles. The van der Waals surface area contributed by atoms with E-state index in [1.165, 1.54) is 11.1 Å². The molecule has 2 aromatic carbocycles. The number of hydrogen-bond donors (Lipinski definition) is 0. The molecule has 0 aliphatic carbocycles. The molecule has 0 N–H and O–H groups in total. The Morgan fingerprint density at radius 1 is 0.889 bits per heavy atom. The largest absolute Gasteiger partial charge is 0.497 e. The quantitative estimate of drug-likeness (QED) is 0.813. The van der Waals surface area contributed by atoms with Gasteiger partial charge in [0.05, 0.1) is 7.11 Å². The summed E-state index contributed by atoms with van der Waals surface area (Å²) in [4.78, 5) is 0. The molecule has 0 amide bonds. The van der Waals surface area contributed by atoms with Crippen molar-refractivity contribution in [1.82, 2.24) is 0 Å². The Labute approximate surface area is 108 Å². The second-order valence-corrected chi connectivity index (χ2v) is 4.25. The molecule has 18 heavy (non-hydrogen) atoms. The Kier molecular flexibility index (Phi) is 4.00. The van der Waals surface area contributed by atoms with Crippen molar-refractivity contribution in [2.24, 2.45) is 0 Å². The van der Waals surface area contributed by atoms with Crippen LogP contribution in [0.15, 0.2) is 48.5 Å². The van der Waals surface area contributed by atoms with Gasteiger partial charge in [-0.15, -0.1) is 0 Å². The highest BCUT2D eigenvalue weighted by Crippen LogP contribution is 2.28. The summed E-state index contributed by atoms with van der Waals surface area (Å²) in [5.41, 5.74) is 3.57. The molecule has 2 nitrogen and oxygen atoms in total. The Hall–Kier alpha value is -1.80. The molecular formula is C16H18O2. The van der Waals surface area contributed by atoms with Crippen LogP contribution in [0.25, 0.3) is 0 Å². The Bertz CT molecular complexity index is 503. The van der Waals surface area contributed by atoms with E-state index in [-0.39, 0.29) is 6.10 Å². The lowest BCUT2D eigenvalue weighted by atomic mass is 9.97. The lowest BCUT2D eigenvalue weighted by Gasteiger charge is -2.18. The summed E-state index contributed by atoms with van der Waals surface area (Å²) in [5.74, 6) is 0.860. The van der Waals surface area contributed by atoms with Crippen molar-refractivity contribution in [3.8, 4) is 5.75 Å². The number of methoxy groups -OCH3 is 2. The van der Waals surface area contributed by atoms with Gasteiger partial charge in [0.2, 0.25) is 0 Å². The summed E-state index contributed by atoms with van der Waals surface area (Å²) >= 11 is 0. The van der Waals surface area contributed by atoms with Gasteiger partial charge in [-0.3, -0.25) is 0 Å². The topological polar surface area (TPSA) is 18.5 Å². The fourth-order valence-corrected chi connectivity index (χ4v) is 2.10. The molecule has 1 unspecified atom stereocenters. The molecule has 0 aromatic heterocycles. The number of hydrogen-bond acceptors (Lipinski definition) is 2. The Morgan fingerprint density at radius 3 is 2.11 bits per heavy atom. The lowest BCUT2D eigenvalue weighted by molar-refractivity contribution is 0.136. The summed E-state index contributed by atoms with van der Waals surface area (Å²) < 4.78 is 10.8. The zero-order valence-corrected chi connectivity index (χ0v) is 11.0. The molecule has 0 radical (unpaired) electrons. The van der Waals surface area contributed by atoms with Crippen molar-refractivity contribution in [2.45, 2.75) is 13.0 Å². The van der Waals surface area contributed by atoms with Crippen molar-refractivity contribution < 1.29 is 9.47 Å². The number of benzene rings is 2. The van der Waals surface area contributed by atoms with Gasteiger partial charge in [0, 0.05) is 7.11 Å². The van der Waals surface area contributed by atoms with E-state index in [4.69, 9.17) is 9.47 Å². The molecule has 2 aromatic rings. The van der Waals surface area contributed by atoms with Crippen LogP contribution < -0.4 is 4.74 Å². The summed E-state index contributed by atoms with van der Waals surface area (Å²) in [5, 5.41) is 0. The Balaban J connectivity index is 2.36. The smallest absolute Gasteiger partial charge is 0.118 e. The van der Waals surface area contributed by atoms with Crippen LogP contribution in [0.1, 0.15) is 22.8 Å². The van der Waals surface area contributed by atoms with E-state index in [1.807, 2.05) is 36.4 Å². The fourth-order valence-electron chi connectivity index (χ4n) is 2.10. The highest BCUT2D eigenvalue weighted by molar-refractivity contribution is 5.37. The first-order chi connectivity index (χ1) is 8.76. The van der Waals surface area contributed by atoms with Gasteiger partial charge < -0.3 is 9.47 Å². The molecule has 0 saturated carbocycles. The van der Waals surface area contributed by atoms with Crippen LogP contribution in [-0.4, -0.2) is 14.2 Å². The second-order valence-electron chi connectivity index (χ2n) is 4.25. The maximum Gasteiger partial charge on any atom is 0.118 e. The van der Waals surface area contributed by atoms with Crippen LogP contribution in [0.2, 0.25) is 0 Å². The minimum absolute atomic E-state index is 0.0305. The van der Waals surface area contributed by atoms with E-state index in [9.17, 15) is 0 Å². The molecule has 0 bridgehead atoms. The number of ether oxygens (including phenoxy) is 2. The summed E-state index contributed by atoms with van der Waals surface area (Å²) in [6.45, 7) is 2.10. The van der Waals surface area contributed by atoms with Crippen LogP contribution in [0, 0.1) is 6.92 Å². The zero-order chi connectivity index (χ0) is 13.0. The van der Waals surface area contributed by atoms with Crippen molar-refractivity contribution in [3.05, 3.63) is 65.2 Å². The van der Waals surface area contributed by atoms with Gasteiger partial charge in [0.25, 0.3) is 0 Å². The highest BCUT2D eigenvalue weighted by Gasteiger charge is 2.14. The lowest BCUT2D eigenvalue weighted by Crippen LogP contribution is -2.05. The number of rotatable bonds is 4. The van der Waals surface area contributed by atoms with E-state index in [1.54, 1.807) is 14.2 Å². The van der Waals surface area contributed by atoms with E-state index < -0.39 is 0 Å². The van der Waals surface area contributed by atoms with Gasteiger partial charge in [-0.25, -0.2) is 0 Å². The maximum atomic E-state index is 5.64. The third-order valence-corrected chi connectivity index (χ3v) is 3.13. The van der Waals surface area contributed by atoms with E-state index in [0.29, 0.717) is 0 Å². The summed E-state index contributed by atoms with van der Waals surface area (Å²) in [7, 11) is 3.41. The predicted molar refractivity (Wildman–Crippen MR) is 73.0 cm³/mol. The minimum atomic E-state index is -0.0305. The fraction of sp³-hybridized carbons (Fsp3) is 0.250. The SMILES string of the molecule is COc1ccc(C(OC)c2ccccc2C)cc1. The molecular weight excluding hydrogens is 224 g/mol. The van der Waals surface area contributed by atoms with Gasteiger partial charge in [-0.1, -0.05) is 36.4 Å². The van der Waals surface area contributed by atoms with Gasteiger partial charge in [-0.05, 0) is 35.7 Å².